The van der Waals surface area contributed by atoms with Crippen LogP contribution >= 0.6 is 0 Å². The number of ether oxygens (including phenoxy) is 1. The molecule has 3 heterocycles. The Morgan fingerprint density at radius 1 is 1.08 bits per heavy atom. The minimum Gasteiger partial charge on any atom is -0.494 e. The minimum absolute atomic E-state index is 0.809. The van der Waals surface area contributed by atoms with Crippen molar-refractivity contribution in [3.05, 3.63) is 74.6 Å². The highest BCUT2D eigenvalue weighted by Gasteiger charge is 2.06. The van der Waals surface area contributed by atoms with E-state index in [-0.39, 0.29) is 0 Å². The zero-order valence-electron chi connectivity index (χ0n) is 14.0. The van der Waals surface area contributed by atoms with Crippen molar-refractivity contribution in [2.45, 2.75) is 13.8 Å². The lowest BCUT2D eigenvalue weighted by Gasteiger charge is -1.94. The van der Waals surface area contributed by atoms with Gasteiger partial charge < -0.3 is 14.7 Å². The van der Waals surface area contributed by atoms with Crippen LogP contribution in [0.15, 0.2) is 41.4 Å². The van der Waals surface area contributed by atoms with E-state index in [2.05, 4.69) is 48.1 Å². The molecule has 120 valence electrons. The predicted molar refractivity (Wildman–Crippen MR) is 95.5 cm³/mol. The summed E-state index contributed by atoms with van der Waals surface area (Å²) >= 11 is 0. The third kappa shape index (κ3) is 2.46. The van der Waals surface area contributed by atoms with E-state index >= 15 is 0 Å². The molecule has 4 nitrogen and oxygen atoms in total. The largest absolute Gasteiger partial charge is 0.494 e. The molecule has 4 rings (SSSR count). The Hall–Kier alpha value is -3.01. The highest BCUT2D eigenvalue weighted by molar-refractivity contribution is 5.76. The number of methoxy groups -OCH3 is 1. The molecule has 0 aliphatic carbocycles. The van der Waals surface area contributed by atoms with Crippen molar-refractivity contribution in [2.24, 2.45) is 4.99 Å². The van der Waals surface area contributed by atoms with Crippen LogP contribution in [0.1, 0.15) is 17.0 Å². The van der Waals surface area contributed by atoms with Gasteiger partial charge in [0.2, 0.25) is 0 Å². The van der Waals surface area contributed by atoms with E-state index < -0.39 is 0 Å². The van der Waals surface area contributed by atoms with Crippen molar-refractivity contribution in [1.29, 1.82) is 0 Å². The normalized spacial score (nSPS) is 15.9. The minimum atomic E-state index is 0.809. The van der Waals surface area contributed by atoms with E-state index in [4.69, 9.17) is 9.73 Å². The summed E-state index contributed by atoms with van der Waals surface area (Å²) in [7, 11) is 1.69. The monoisotopic (exact) mass is 317 g/mol. The van der Waals surface area contributed by atoms with Crippen molar-refractivity contribution in [2.75, 3.05) is 7.11 Å². The van der Waals surface area contributed by atoms with Gasteiger partial charge in [0.25, 0.3) is 0 Å². The van der Waals surface area contributed by atoms with E-state index in [1.54, 1.807) is 7.11 Å². The molecule has 0 spiro atoms. The molecular formula is C20H19N3O. The van der Waals surface area contributed by atoms with Crippen LogP contribution in [0.3, 0.4) is 0 Å². The summed E-state index contributed by atoms with van der Waals surface area (Å²) in [5.41, 5.74) is 4.37. The number of H-pyrrole nitrogens is 2. The first kappa shape index (κ1) is 14.6. The molecule has 0 bridgehead atoms. The average Bonchev–Trinajstić information content (AvgIpc) is 3.24. The molecule has 2 N–H and O–H groups in total. The van der Waals surface area contributed by atoms with Gasteiger partial charge in [-0.2, -0.15) is 0 Å². The van der Waals surface area contributed by atoms with E-state index in [1.165, 1.54) is 5.56 Å². The zero-order chi connectivity index (χ0) is 16.7. The summed E-state index contributed by atoms with van der Waals surface area (Å²) in [6.07, 6.45) is 4.17. The van der Waals surface area contributed by atoms with Crippen LogP contribution in [0.2, 0.25) is 0 Å². The van der Waals surface area contributed by atoms with Gasteiger partial charge in [-0.1, -0.05) is 18.2 Å². The first-order chi connectivity index (χ1) is 11.6. The maximum atomic E-state index is 5.54. The van der Waals surface area contributed by atoms with Crippen LogP contribution in [0, 0.1) is 13.8 Å². The molecule has 0 unspecified atom stereocenters. The van der Waals surface area contributed by atoms with Crippen LogP contribution in [-0.2, 0) is 0 Å². The van der Waals surface area contributed by atoms with Gasteiger partial charge in [0.1, 0.15) is 5.75 Å². The van der Waals surface area contributed by atoms with Gasteiger partial charge in [-0.15, -0.1) is 0 Å². The number of aromatic nitrogens is 2. The van der Waals surface area contributed by atoms with Gasteiger partial charge in [0.15, 0.2) is 0 Å². The zero-order valence-corrected chi connectivity index (χ0v) is 14.0. The summed E-state index contributed by atoms with van der Waals surface area (Å²) in [5.74, 6) is 0.809. The van der Waals surface area contributed by atoms with Crippen molar-refractivity contribution in [3.8, 4) is 5.75 Å². The number of benzene rings is 1. The van der Waals surface area contributed by atoms with Crippen molar-refractivity contribution in [1.82, 2.24) is 9.97 Å². The second kappa shape index (κ2) is 5.57. The highest BCUT2D eigenvalue weighted by atomic mass is 16.5. The molecule has 0 radical (unpaired) electrons. The van der Waals surface area contributed by atoms with E-state index in [0.29, 0.717) is 0 Å². The maximum absolute atomic E-state index is 5.54. The van der Waals surface area contributed by atoms with Crippen molar-refractivity contribution < 1.29 is 4.74 Å². The van der Waals surface area contributed by atoms with E-state index in [0.717, 1.165) is 44.1 Å². The molecule has 4 heteroatoms. The smallest absolute Gasteiger partial charge is 0.144 e. The van der Waals surface area contributed by atoms with Crippen LogP contribution in [-0.4, -0.2) is 17.1 Å². The topological polar surface area (TPSA) is 53.2 Å². The first-order valence-corrected chi connectivity index (χ1v) is 7.95. The number of aromatic amines is 2. The molecule has 0 saturated carbocycles. The third-order valence-electron chi connectivity index (χ3n) is 4.25. The number of rotatable bonds is 2. The molecular weight excluding hydrogens is 298 g/mol. The van der Waals surface area contributed by atoms with Gasteiger partial charge >= 0.3 is 0 Å². The Kier molecular flexibility index (Phi) is 3.38. The van der Waals surface area contributed by atoms with Crippen molar-refractivity contribution >= 4 is 17.8 Å². The summed E-state index contributed by atoms with van der Waals surface area (Å²) in [5, 5.41) is 4.03. The number of fused-ring (bicyclic) bond motifs is 1. The molecule has 1 aromatic carbocycles. The SMILES string of the molecule is COc1c/c(=C2/C=c3ccccc3=N2)[nH]/c1=C/c1[nH]c(C)cc1C. The second-order valence-electron chi connectivity index (χ2n) is 6.06. The lowest BCUT2D eigenvalue weighted by molar-refractivity contribution is 0.412. The fourth-order valence-corrected chi connectivity index (χ4v) is 3.07. The number of hydrogen-bond acceptors (Lipinski definition) is 2. The Balaban J connectivity index is 1.93. The summed E-state index contributed by atoms with van der Waals surface area (Å²) in [6.45, 7) is 4.15. The van der Waals surface area contributed by atoms with Crippen LogP contribution in [0.5, 0.6) is 5.75 Å². The number of para-hydroxylation sites is 1. The molecule has 1 aliphatic rings. The number of nitrogens with one attached hydrogen (secondary N) is 2. The summed E-state index contributed by atoms with van der Waals surface area (Å²) < 4.78 is 5.54. The molecule has 0 atom stereocenters. The van der Waals surface area contributed by atoms with Crippen LogP contribution in [0.25, 0.3) is 17.8 Å². The first-order valence-electron chi connectivity index (χ1n) is 7.95. The number of nitrogens with zero attached hydrogens (tertiary/aromatic N) is 1. The second-order valence-corrected chi connectivity index (χ2v) is 6.06. The third-order valence-corrected chi connectivity index (χ3v) is 4.25. The van der Waals surface area contributed by atoms with Gasteiger partial charge in [-0.05, 0) is 43.7 Å². The van der Waals surface area contributed by atoms with Gasteiger partial charge in [-0.25, -0.2) is 4.99 Å². The van der Waals surface area contributed by atoms with Gasteiger partial charge in [-0.3, -0.25) is 0 Å². The summed E-state index contributed by atoms with van der Waals surface area (Å²) in [4.78, 5) is 11.5. The molecule has 0 fully saturated rings. The molecule has 24 heavy (non-hydrogen) atoms. The lowest BCUT2D eigenvalue weighted by atomic mass is 10.2. The Labute approximate surface area is 139 Å². The van der Waals surface area contributed by atoms with Gasteiger partial charge in [0, 0.05) is 22.7 Å². The Morgan fingerprint density at radius 2 is 1.92 bits per heavy atom. The van der Waals surface area contributed by atoms with Gasteiger partial charge in [0.05, 0.1) is 28.9 Å². The van der Waals surface area contributed by atoms with Crippen LogP contribution in [0.4, 0.5) is 0 Å². The Morgan fingerprint density at radius 3 is 2.62 bits per heavy atom. The molecule has 0 amide bonds. The lowest BCUT2D eigenvalue weighted by Crippen LogP contribution is -2.19. The fourth-order valence-electron chi connectivity index (χ4n) is 3.07. The summed E-state index contributed by atoms with van der Waals surface area (Å²) in [6, 6.07) is 12.3. The molecule has 3 aromatic rings. The highest BCUT2D eigenvalue weighted by Crippen LogP contribution is 2.10. The predicted octanol–water partition coefficient (Wildman–Crippen LogP) is 1.02. The molecule has 1 aliphatic heterocycles. The fraction of sp³-hybridized carbons (Fsp3) is 0.150. The van der Waals surface area contributed by atoms with E-state index in [1.807, 2.05) is 24.3 Å². The quantitative estimate of drug-likeness (QED) is 0.728. The maximum Gasteiger partial charge on any atom is 0.144 e. The molecule has 0 saturated heterocycles. The average molecular weight is 317 g/mol. The Bertz CT molecular complexity index is 1130. The number of aryl methyl sites for hydroxylation is 2. The van der Waals surface area contributed by atoms with Crippen LogP contribution < -0.4 is 26.0 Å². The van der Waals surface area contributed by atoms with Crippen molar-refractivity contribution in [3.63, 3.8) is 0 Å². The van der Waals surface area contributed by atoms with E-state index in [9.17, 15) is 0 Å². The standard InChI is InChI=1S/C20H19N3O/c1-12-8-13(2)21-16(12)10-19-20(24-3)11-18(23-19)17-9-14-6-4-5-7-15(14)22-17/h4-11,21,23H,1-3H3/b18-17+,19-10+. The molecule has 2 aromatic heterocycles. The number of hydrogen-bond donors (Lipinski definition) is 2.